The summed E-state index contributed by atoms with van der Waals surface area (Å²) in [6, 6.07) is 13.5. The lowest BCUT2D eigenvalue weighted by Crippen LogP contribution is -2.39. The summed E-state index contributed by atoms with van der Waals surface area (Å²) in [6.07, 6.45) is 4.36. The molecular weight excluding hydrogens is 222 g/mol. The first-order valence-corrected chi connectivity index (χ1v) is 6.58. The third-order valence-corrected chi connectivity index (χ3v) is 3.90. The van der Waals surface area contributed by atoms with Gasteiger partial charge < -0.3 is 5.32 Å². The van der Waals surface area contributed by atoms with Gasteiger partial charge in [0.25, 0.3) is 0 Å². The fourth-order valence-electron chi connectivity index (χ4n) is 2.61. The minimum absolute atomic E-state index is 0.658. The van der Waals surface area contributed by atoms with Crippen LogP contribution < -0.4 is 5.32 Å². The fourth-order valence-corrected chi connectivity index (χ4v) is 2.61. The quantitative estimate of drug-likeness (QED) is 0.891. The molecule has 0 aliphatic heterocycles. The molecular formula is C15H19N3. The second-order valence-electron chi connectivity index (χ2n) is 5.10. The highest BCUT2D eigenvalue weighted by Crippen LogP contribution is 2.36. The van der Waals surface area contributed by atoms with Crippen LogP contribution in [-0.4, -0.2) is 15.8 Å². The Kier molecular flexibility index (Phi) is 3.15. The smallest absolute Gasteiger partial charge is 0.0518 e. The van der Waals surface area contributed by atoms with Crippen LogP contribution >= 0.6 is 0 Å². The number of nitrogens with zero attached hydrogens (tertiary/aromatic N) is 2. The molecule has 0 saturated heterocycles. The maximum absolute atomic E-state index is 4.18. The summed E-state index contributed by atoms with van der Waals surface area (Å²) in [5.41, 5.74) is 2.73. The SMILES string of the molecule is Cn1nccc1CNC1CC(c2ccccc2)C1. The van der Waals surface area contributed by atoms with Crippen molar-refractivity contribution in [3.8, 4) is 0 Å². The molecule has 1 fully saturated rings. The highest BCUT2D eigenvalue weighted by Gasteiger charge is 2.29. The van der Waals surface area contributed by atoms with Crippen molar-refractivity contribution in [3.63, 3.8) is 0 Å². The molecule has 1 aromatic carbocycles. The average Bonchev–Trinajstić information content (AvgIpc) is 2.74. The van der Waals surface area contributed by atoms with Gasteiger partial charge in [0.1, 0.15) is 0 Å². The predicted octanol–water partition coefficient (Wildman–Crippen LogP) is 2.46. The first kappa shape index (κ1) is 11.5. The Balaban J connectivity index is 1.47. The van der Waals surface area contributed by atoms with Gasteiger partial charge in [-0.05, 0) is 30.4 Å². The van der Waals surface area contributed by atoms with Crippen molar-refractivity contribution in [3.05, 3.63) is 53.9 Å². The van der Waals surface area contributed by atoms with Crippen LogP contribution in [0.25, 0.3) is 0 Å². The summed E-state index contributed by atoms with van der Waals surface area (Å²) in [4.78, 5) is 0. The van der Waals surface area contributed by atoms with E-state index in [2.05, 4.69) is 46.8 Å². The molecule has 1 saturated carbocycles. The van der Waals surface area contributed by atoms with E-state index in [1.165, 1.54) is 24.1 Å². The molecule has 1 heterocycles. The number of rotatable bonds is 4. The van der Waals surface area contributed by atoms with E-state index in [0.29, 0.717) is 6.04 Å². The number of aryl methyl sites for hydroxylation is 1. The van der Waals surface area contributed by atoms with Gasteiger partial charge in [-0.15, -0.1) is 0 Å². The van der Waals surface area contributed by atoms with Crippen LogP contribution in [0, 0.1) is 0 Å². The number of benzene rings is 1. The van der Waals surface area contributed by atoms with E-state index in [9.17, 15) is 0 Å². The Labute approximate surface area is 108 Å². The van der Waals surface area contributed by atoms with Crippen molar-refractivity contribution >= 4 is 0 Å². The molecule has 0 radical (unpaired) electrons. The molecule has 1 N–H and O–H groups in total. The minimum Gasteiger partial charge on any atom is -0.308 e. The maximum atomic E-state index is 4.18. The molecule has 3 nitrogen and oxygen atoms in total. The molecule has 0 amide bonds. The molecule has 0 bridgehead atoms. The van der Waals surface area contributed by atoms with Crippen molar-refractivity contribution in [1.29, 1.82) is 0 Å². The summed E-state index contributed by atoms with van der Waals surface area (Å²) in [5.74, 6) is 0.746. The number of nitrogens with one attached hydrogen (secondary N) is 1. The number of hydrogen-bond donors (Lipinski definition) is 1. The Hall–Kier alpha value is -1.61. The lowest BCUT2D eigenvalue weighted by atomic mass is 9.76. The van der Waals surface area contributed by atoms with Crippen LogP contribution in [0.2, 0.25) is 0 Å². The summed E-state index contributed by atoms with van der Waals surface area (Å²) in [7, 11) is 1.99. The molecule has 3 rings (SSSR count). The minimum atomic E-state index is 0.658. The summed E-state index contributed by atoms with van der Waals surface area (Å²) in [6.45, 7) is 0.919. The van der Waals surface area contributed by atoms with Gasteiger partial charge in [0.05, 0.1) is 5.69 Å². The van der Waals surface area contributed by atoms with Crippen molar-refractivity contribution < 1.29 is 0 Å². The van der Waals surface area contributed by atoms with Crippen molar-refractivity contribution in [2.45, 2.75) is 31.3 Å². The molecule has 1 aliphatic carbocycles. The predicted molar refractivity (Wildman–Crippen MR) is 72.3 cm³/mol. The van der Waals surface area contributed by atoms with Gasteiger partial charge in [-0.3, -0.25) is 4.68 Å². The molecule has 1 aromatic heterocycles. The van der Waals surface area contributed by atoms with Crippen molar-refractivity contribution in [1.82, 2.24) is 15.1 Å². The summed E-state index contributed by atoms with van der Waals surface area (Å²) >= 11 is 0. The molecule has 0 atom stereocenters. The standard InChI is InChI=1S/C15H19N3/c1-18-15(7-8-17-18)11-16-14-9-13(10-14)12-5-3-2-4-6-12/h2-8,13-14,16H,9-11H2,1H3. The monoisotopic (exact) mass is 241 g/mol. The molecule has 2 aromatic rings. The third-order valence-electron chi connectivity index (χ3n) is 3.90. The van der Waals surface area contributed by atoms with Crippen LogP contribution in [0.3, 0.4) is 0 Å². The summed E-state index contributed by atoms with van der Waals surface area (Å²) in [5, 5.41) is 7.78. The molecule has 18 heavy (non-hydrogen) atoms. The van der Waals surface area contributed by atoms with Crippen LogP contribution in [0.4, 0.5) is 0 Å². The Bertz CT molecular complexity index is 497. The lowest BCUT2D eigenvalue weighted by Gasteiger charge is -2.36. The van der Waals surface area contributed by atoms with Gasteiger partial charge in [0.2, 0.25) is 0 Å². The number of hydrogen-bond acceptors (Lipinski definition) is 2. The van der Waals surface area contributed by atoms with Gasteiger partial charge >= 0.3 is 0 Å². The zero-order valence-corrected chi connectivity index (χ0v) is 10.7. The molecule has 3 heteroatoms. The highest BCUT2D eigenvalue weighted by atomic mass is 15.3. The van der Waals surface area contributed by atoms with Crippen LogP contribution in [-0.2, 0) is 13.6 Å². The van der Waals surface area contributed by atoms with E-state index >= 15 is 0 Å². The van der Waals surface area contributed by atoms with E-state index in [-0.39, 0.29) is 0 Å². The first-order chi connectivity index (χ1) is 8.83. The molecule has 0 spiro atoms. The average molecular weight is 241 g/mol. The van der Waals surface area contributed by atoms with Crippen molar-refractivity contribution in [2.75, 3.05) is 0 Å². The zero-order valence-electron chi connectivity index (χ0n) is 10.7. The van der Waals surface area contributed by atoms with Gasteiger partial charge in [0.15, 0.2) is 0 Å². The summed E-state index contributed by atoms with van der Waals surface area (Å²) < 4.78 is 1.93. The second-order valence-corrected chi connectivity index (χ2v) is 5.10. The zero-order chi connectivity index (χ0) is 12.4. The van der Waals surface area contributed by atoms with Gasteiger partial charge in [-0.1, -0.05) is 30.3 Å². The first-order valence-electron chi connectivity index (χ1n) is 6.58. The largest absolute Gasteiger partial charge is 0.308 e. The molecule has 94 valence electrons. The van der Waals surface area contributed by atoms with E-state index in [4.69, 9.17) is 0 Å². The van der Waals surface area contributed by atoms with Crippen LogP contribution in [0.1, 0.15) is 30.0 Å². The van der Waals surface area contributed by atoms with Crippen molar-refractivity contribution in [2.24, 2.45) is 7.05 Å². The normalized spacial score (nSPS) is 22.7. The van der Waals surface area contributed by atoms with E-state index in [1.807, 2.05) is 17.9 Å². The van der Waals surface area contributed by atoms with E-state index in [1.54, 1.807) is 0 Å². The highest BCUT2D eigenvalue weighted by molar-refractivity contribution is 5.22. The second kappa shape index (κ2) is 4.94. The third kappa shape index (κ3) is 2.31. The topological polar surface area (TPSA) is 29.9 Å². The van der Waals surface area contributed by atoms with E-state index in [0.717, 1.165) is 12.5 Å². The molecule has 0 unspecified atom stereocenters. The van der Waals surface area contributed by atoms with Crippen LogP contribution in [0.15, 0.2) is 42.6 Å². The number of aromatic nitrogens is 2. The van der Waals surface area contributed by atoms with Gasteiger partial charge in [-0.25, -0.2) is 0 Å². The van der Waals surface area contributed by atoms with Crippen LogP contribution in [0.5, 0.6) is 0 Å². The lowest BCUT2D eigenvalue weighted by molar-refractivity contribution is 0.287. The van der Waals surface area contributed by atoms with Gasteiger partial charge in [-0.2, -0.15) is 5.10 Å². The molecule has 1 aliphatic rings. The fraction of sp³-hybridized carbons (Fsp3) is 0.400. The van der Waals surface area contributed by atoms with Gasteiger partial charge in [0, 0.05) is 25.8 Å². The maximum Gasteiger partial charge on any atom is 0.0518 e. The van der Waals surface area contributed by atoms with E-state index < -0.39 is 0 Å². The Morgan fingerprint density at radius 3 is 2.67 bits per heavy atom. The Morgan fingerprint density at radius 2 is 2.00 bits per heavy atom. The Morgan fingerprint density at radius 1 is 1.22 bits per heavy atom.